The van der Waals surface area contributed by atoms with Crippen LogP contribution in [-0.4, -0.2) is 41.3 Å². The van der Waals surface area contributed by atoms with Crippen LogP contribution in [0.4, 0.5) is 0 Å². The lowest BCUT2D eigenvalue weighted by atomic mass is 9.94. The Bertz CT molecular complexity index is 539. The fraction of sp³-hybridized carbons (Fsp3) is 0.579. The maximum atomic E-state index is 12.2. The first kappa shape index (κ1) is 18.8. The Morgan fingerprint density at radius 1 is 1.12 bits per heavy atom. The molecule has 0 spiro atoms. The second-order valence-corrected chi connectivity index (χ2v) is 7.54. The molecule has 0 saturated heterocycles. The highest BCUT2D eigenvalue weighted by Gasteiger charge is 2.21. The van der Waals surface area contributed by atoms with Crippen LogP contribution < -0.4 is 5.32 Å². The Balaban J connectivity index is 1.62. The molecule has 2 amide bonds. The van der Waals surface area contributed by atoms with Crippen molar-refractivity contribution in [2.24, 2.45) is 0 Å². The number of hydrogen-bond acceptors (Lipinski definition) is 3. The smallest absolute Gasteiger partial charge is 0.232 e. The summed E-state index contributed by atoms with van der Waals surface area (Å²) in [5.41, 5.74) is 2.30. The van der Waals surface area contributed by atoms with Gasteiger partial charge < -0.3 is 10.2 Å². The molecule has 1 aliphatic carbocycles. The molecule has 1 N–H and O–H groups in total. The molecule has 1 aliphatic rings. The highest BCUT2D eigenvalue weighted by Crippen LogP contribution is 2.22. The van der Waals surface area contributed by atoms with Gasteiger partial charge in [-0.25, -0.2) is 0 Å². The van der Waals surface area contributed by atoms with Crippen molar-refractivity contribution in [2.75, 3.05) is 18.6 Å². The van der Waals surface area contributed by atoms with Crippen LogP contribution in [0, 0.1) is 6.92 Å². The standard InChI is InChI=1S/C19H28N2O2S/c1-15-8-10-16(11-9-15)12-20-18(22)13-24-14-19(23)21(2)17-6-4-3-5-7-17/h8-11,17H,3-7,12-14H2,1-2H3,(H,20,22). The van der Waals surface area contributed by atoms with E-state index in [4.69, 9.17) is 0 Å². The lowest BCUT2D eigenvalue weighted by Gasteiger charge is -2.31. The van der Waals surface area contributed by atoms with Crippen molar-refractivity contribution in [3.8, 4) is 0 Å². The lowest BCUT2D eigenvalue weighted by molar-refractivity contribution is -0.129. The Labute approximate surface area is 149 Å². The van der Waals surface area contributed by atoms with Crippen LogP contribution in [0.25, 0.3) is 0 Å². The van der Waals surface area contributed by atoms with Gasteiger partial charge in [0, 0.05) is 19.6 Å². The molecule has 132 valence electrons. The van der Waals surface area contributed by atoms with Gasteiger partial charge in [-0.15, -0.1) is 11.8 Å². The Morgan fingerprint density at radius 2 is 1.79 bits per heavy atom. The third kappa shape index (κ3) is 6.19. The molecule has 24 heavy (non-hydrogen) atoms. The monoisotopic (exact) mass is 348 g/mol. The van der Waals surface area contributed by atoms with Gasteiger partial charge in [-0.3, -0.25) is 9.59 Å². The molecule has 4 nitrogen and oxygen atoms in total. The zero-order chi connectivity index (χ0) is 17.4. The molecule has 1 aromatic rings. The van der Waals surface area contributed by atoms with Crippen molar-refractivity contribution >= 4 is 23.6 Å². The van der Waals surface area contributed by atoms with Crippen molar-refractivity contribution in [1.29, 1.82) is 0 Å². The summed E-state index contributed by atoms with van der Waals surface area (Å²) in [7, 11) is 1.90. The Morgan fingerprint density at radius 3 is 2.46 bits per heavy atom. The van der Waals surface area contributed by atoms with Crippen LogP contribution in [0.15, 0.2) is 24.3 Å². The van der Waals surface area contributed by atoms with Crippen molar-refractivity contribution < 1.29 is 9.59 Å². The first-order valence-electron chi connectivity index (χ1n) is 8.72. The molecular formula is C19H28N2O2S. The van der Waals surface area contributed by atoms with E-state index in [1.807, 2.05) is 43.1 Å². The van der Waals surface area contributed by atoms with Crippen LogP contribution in [0.2, 0.25) is 0 Å². The average Bonchev–Trinajstić information content (AvgIpc) is 2.61. The summed E-state index contributed by atoms with van der Waals surface area (Å²) in [4.78, 5) is 26.0. The third-order valence-electron chi connectivity index (χ3n) is 4.58. The van der Waals surface area contributed by atoms with Crippen molar-refractivity contribution in [1.82, 2.24) is 10.2 Å². The van der Waals surface area contributed by atoms with Gasteiger partial charge in [0.15, 0.2) is 0 Å². The summed E-state index contributed by atoms with van der Waals surface area (Å²) >= 11 is 1.40. The van der Waals surface area contributed by atoms with E-state index in [1.165, 1.54) is 36.6 Å². The number of nitrogens with one attached hydrogen (secondary N) is 1. The molecule has 0 aliphatic heterocycles. The molecule has 0 unspecified atom stereocenters. The van der Waals surface area contributed by atoms with E-state index in [0.29, 0.717) is 24.1 Å². The number of thioether (sulfide) groups is 1. The summed E-state index contributed by atoms with van der Waals surface area (Å²) in [6.45, 7) is 2.58. The van der Waals surface area contributed by atoms with Crippen molar-refractivity contribution in [3.63, 3.8) is 0 Å². The van der Waals surface area contributed by atoms with Crippen molar-refractivity contribution in [3.05, 3.63) is 35.4 Å². The fourth-order valence-electron chi connectivity index (χ4n) is 2.96. The molecule has 0 aromatic heterocycles. The number of carbonyl (C=O) groups excluding carboxylic acids is 2. The minimum absolute atomic E-state index is 0.0197. The topological polar surface area (TPSA) is 49.4 Å². The normalized spacial score (nSPS) is 15.1. The first-order chi connectivity index (χ1) is 11.6. The predicted octanol–water partition coefficient (Wildman–Crippen LogP) is 3.14. The molecule has 1 saturated carbocycles. The minimum Gasteiger partial charge on any atom is -0.351 e. The van der Waals surface area contributed by atoms with Gasteiger partial charge in [-0.2, -0.15) is 0 Å². The molecule has 1 aromatic carbocycles. The zero-order valence-electron chi connectivity index (χ0n) is 14.7. The largest absolute Gasteiger partial charge is 0.351 e. The molecule has 0 bridgehead atoms. The molecule has 0 radical (unpaired) electrons. The Kier molecular flexibility index (Phi) is 7.63. The first-order valence-corrected chi connectivity index (χ1v) is 9.87. The number of hydrogen-bond donors (Lipinski definition) is 1. The molecule has 5 heteroatoms. The number of carbonyl (C=O) groups is 2. The summed E-state index contributed by atoms with van der Waals surface area (Å²) in [5, 5.41) is 2.90. The molecular weight excluding hydrogens is 320 g/mol. The number of benzene rings is 1. The number of rotatable bonds is 7. The minimum atomic E-state index is -0.0197. The lowest BCUT2D eigenvalue weighted by Crippen LogP contribution is -2.39. The van der Waals surface area contributed by atoms with E-state index in [0.717, 1.165) is 18.4 Å². The van der Waals surface area contributed by atoms with Crippen LogP contribution in [-0.2, 0) is 16.1 Å². The van der Waals surface area contributed by atoms with Gasteiger partial charge in [-0.05, 0) is 25.3 Å². The van der Waals surface area contributed by atoms with E-state index in [1.54, 1.807) is 0 Å². The summed E-state index contributed by atoms with van der Waals surface area (Å²) < 4.78 is 0. The van der Waals surface area contributed by atoms with Crippen LogP contribution in [0.1, 0.15) is 43.2 Å². The number of aryl methyl sites for hydroxylation is 1. The average molecular weight is 349 g/mol. The van der Waals surface area contributed by atoms with E-state index in [-0.39, 0.29) is 11.8 Å². The van der Waals surface area contributed by atoms with Crippen LogP contribution >= 0.6 is 11.8 Å². The second-order valence-electron chi connectivity index (χ2n) is 6.55. The molecule has 1 fully saturated rings. The SMILES string of the molecule is Cc1ccc(CNC(=O)CSCC(=O)N(C)C2CCCCC2)cc1. The second kappa shape index (κ2) is 9.72. The Hall–Kier alpha value is -1.49. The van der Waals surface area contributed by atoms with Gasteiger partial charge in [-0.1, -0.05) is 49.1 Å². The summed E-state index contributed by atoms with van der Waals surface area (Å²) in [5.74, 6) is 0.827. The third-order valence-corrected chi connectivity index (χ3v) is 5.50. The predicted molar refractivity (Wildman–Crippen MR) is 100.0 cm³/mol. The maximum Gasteiger partial charge on any atom is 0.232 e. The van der Waals surface area contributed by atoms with Crippen molar-refractivity contribution in [2.45, 2.75) is 51.6 Å². The van der Waals surface area contributed by atoms with Gasteiger partial charge in [0.2, 0.25) is 11.8 Å². The number of amides is 2. The highest BCUT2D eigenvalue weighted by atomic mass is 32.2. The van der Waals surface area contributed by atoms with Crippen LogP contribution in [0.3, 0.4) is 0 Å². The van der Waals surface area contributed by atoms with E-state index in [2.05, 4.69) is 5.32 Å². The van der Waals surface area contributed by atoms with E-state index < -0.39 is 0 Å². The van der Waals surface area contributed by atoms with E-state index in [9.17, 15) is 9.59 Å². The fourth-order valence-corrected chi connectivity index (χ4v) is 3.73. The van der Waals surface area contributed by atoms with Gasteiger partial charge in [0.05, 0.1) is 11.5 Å². The zero-order valence-corrected chi connectivity index (χ0v) is 15.5. The van der Waals surface area contributed by atoms with Gasteiger partial charge in [0.1, 0.15) is 0 Å². The van der Waals surface area contributed by atoms with Crippen LogP contribution in [0.5, 0.6) is 0 Å². The summed E-state index contributed by atoms with van der Waals surface area (Å²) in [6, 6.07) is 8.50. The quantitative estimate of drug-likeness (QED) is 0.823. The van der Waals surface area contributed by atoms with E-state index >= 15 is 0 Å². The maximum absolute atomic E-state index is 12.2. The molecule has 2 rings (SSSR count). The molecule has 0 atom stereocenters. The summed E-state index contributed by atoms with van der Waals surface area (Å²) in [6.07, 6.45) is 5.95. The highest BCUT2D eigenvalue weighted by molar-refractivity contribution is 8.00. The number of nitrogens with zero attached hydrogens (tertiary/aromatic N) is 1. The van der Waals surface area contributed by atoms with Gasteiger partial charge in [0.25, 0.3) is 0 Å². The van der Waals surface area contributed by atoms with Gasteiger partial charge >= 0.3 is 0 Å². The molecule has 0 heterocycles.